The lowest BCUT2D eigenvalue weighted by atomic mass is 9.87. The first-order chi connectivity index (χ1) is 8.42. The highest BCUT2D eigenvalue weighted by Gasteiger charge is 2.28. The van der Waals surface area contributed by atoms with E-state index in [1.807, 2.05) is 16.8 Å². The van der Waals surface area contributed by atoms with Crippen LogP contribution in [0.15, 0.2) is 11.7 Å². The van der Waals surface area contributed by atoms with E-state index in [1.54, 1.807) is 0 Å². The molecule has 94 valence electrons. The van der Waals surface area contributed by atoms with Crippen molar-refractivity contribution in [3.8, 4) is 0 Å². The Kier molecular flexibility index (Phi) is 3.77. The molecule has 2 fully saturated rings. The van der Waals surface area contributed by atoms with Gasteiger partial charge in [0.15, 0.2) is 0 Å². The maximum atomic E-state index is 4.21. The van der Waals surface area contributed by atoms with Crippen LogP contribution in [0.5, 0.6) is 0 Å². The molecule has 3 heteroatoms. The molecule has 0 bridgehead atoms. The fourth-order valence-electron chi connectivity index (χ4n) is 3.04. The number of hydrogen-bond donors (Lipinski definition) is 1. The minimum Gasteiger partial charge on any atom is -0.314 e. The molecule has 1 heterocycles. The highest BCUT2D eigenvalue weighted by molar-refractivity contribution is 7.09. The van der Waals surface area contributed by atoms with Gasteiger partial charge in [0.2, 0.25) is 0 Å². The highest BCUT2D eigenvalue weighted by atomic mass is 32.1. The van der Waals surface area contributed by atoms with Crippen LogP contribution < -0.4 is 5.32 Å². The van der Waals surface area contributed by atoms with Crippen molar-refractivity contribution in [3.63, 3.8) is 0 Å². The molecule has 2 aliphatic carbocycles. The van der Waals surface area contributed by atoms with Gasteiger partial charge in [0.05, 0.1) is 5.51 Å². The topological polar surface area (TPSA) is 24.9 Å². The molecule has 1 aromatic rings. The molecular weight excluding hydrogens is 228 g/mol. The summed E-state index contributed by atoms with van der Waals surface area (Å²) < 4.78 is 0. The molecule has 1 aromatic heterocycles. The molecule has 2 nitrogen and oxygen atoms in total. The number of thiazole rings is 1. The Labute approximate surface area is 108 Å². The monoisotopic (exact) mass is 250 g/mol. The zero-order chi connectivity index (χ0) is 11.5. The molecule has 1 atom stereocenters. The first-order valence-corrected chi connectivity index (χ1v) is 7.90. The van der Waals surface area contributed by atoms with Crippen molar-refractivity contribution in [3.05, 3.63) is 16.6 Å². The molecule has 0 radical (unpaired) electrons. The summed E-state index contributed by atoms with van der Waals surface area (Å²) in [7, 11) is 0. The highest BCUT2D eigenvalue weighted by Crippen LogP contribution is 2.34. The van der Waals surface area contributed by atoms with Gasteiger partial charge in [-0.05, 0) is 37.6 Å². The molecule has 0 amide bonds. The van der Waals surface area contributed by atoms with E-state index in [0.717, 1.165) is 17.9 Å². The van der Waals surface area contributed by atoms with Crippen molar-refractivity contribution < 1.29 is 0 Å². The van der Waals surface area contributed by atoms with Gasteiger partial charge in [-0.1, -0.05) is 25.7 Å². The second-order valence-corrected chi connectivity index (χ2v) is 6.63. The fraction of sp³-hybridized carbons (Fsp3) is 0.786. The van der Waals surface area contributed by atoms with Gasteiger partial charge in [0.25, 0.3) is 0 Å². The largest absolute Gasteiger partial charge is 0.314 e. The number of nitrogens with zero attached hydrogens (tertiary/aromatic N) is 1. The quantitative estimate of drug-likeness (QED) is 0.838. The van der Waals surface area contributed by atoms with Gasteiger partial charge in [0.1, 0.15) is 0 Å². The summed E-state index contributed by atoms with van der Waals surface area (Å²) in [4.78, 5) is 5.68. The average molecular weight is 250 g/mol. The maximum Gasteiger partial charge on any atom is 0.0794 e. The third kappa shape index (κ3) is 3.29. The second-order valence-electron chi connectivity index (χ2n) is 5.66. The Morgan fingerprint density at radius 2 is 2.12 bits per heavy atom. The predicted octanol–water partition coefficient (Wildman–Crippen LogP) is 3.24. The van der Waals surface area contributed by atoms with Gasteiger partial charge in [-0.3, -0.25) is 4.98 Å². The standard InChI is InChI=1S/C14H22N2S/c1-2-4-11(3-1)12(8-16-13-5-6-13)7-14-9-15-10-17-14/h9-13,16H,1-8H2. The van der Waals surface area contributed by atoms with Gasteiger partial charge in [-0.25, -0.2) is 0 Å². The summed E-state index contributed by atoms with van der Waals surface area (Å²) in [5.74, 6) is 1.81. The summed E-state index contributed by atoms with van der Waals surface area (Å²) in [6.07, 6.45) is 11.9. The summed E-state index contributed by atoms with van der Waals surface area (Å²) >= 11 is 1.82. The minimum atomic E-state index is 0.846. The molecule has 1 N–H and O–H groups in total. The molecule has 0 saturated heterocycles. The molecule has 3 rings (SSSR count). The lowest BCUT2D eigenvalue weighted by molar-refractivity contribution is 0.321. The van der Waals surface area contributed by atoms with E-state index in [0.29, 0.717) is 0 Å². The Morgan fingerprint density at radius 1 is 1.29 bits per heavy atom. The van der Waals surface area contributed by atoms with Gasteiger partial charge in [-0.15, -0.1) is 11.3 Å². The van der Waals surface area contributed by atoms with Crippen molar-refractivity contribution in [2.24, 2.45) is 11.8 Å². The second kappa shape index (κ2) is 5.49. The summed E-state index contributed by atoms with van der Waals surface area (Å²) in [5, 5.41) is 3.73. The minimum absolute atomic E-state index is 0.846. The van der Waals surface area contributed by atoms with E-state index in [-0.39, 0.29) is 0 Å². The number of aromatic nitrogens is 1. The van der Waals surface area contributed by atoms with Crippen LogP contribution in [0.25, 0.3) is 0 Å². The molecule has 0 aliphatic heterocycles. The number of hydrogen-bond acceptors (Lipinski definition) is 3. The smallest absolute Gasteiger partial charge is 0.0794 e. The van der Waals surface area contributed by atoms with Crippen molar-refractivity contribution in [1.29, 1.82) is 0 Å². The Morgan fingerprint density at radius 3 is 2.76 bits per heavy atom. The average Bonchev–Trinajstić information content (AvgIpc) is 2.85. The summed E-state index contributed by atoms with van der Waals surface area (Å²) in [6, 6.07) is 0.848. The molecule has 2 aliphatic rings. The first kappa shape index (κ1) is 11.7. The zero-order valence-corrected chi connectivity index (χ0v) is 11.2. The molecule has 2 saturated carbocycles. The van der Waals surface area contributed by atoms with E-state index >= 15 is 0 Å². The molecular formula is C14H22N2S. The van der Waals surface area contributed by atoms with Crippen LogP contribution in [0.1, 0.15) is 43.4 Å². The van der Waals surface area contributed by atoms with E-state index < -0.39 is 0 Å². The van der Waals surface area contributed by atoms with Crippen LogP contribution in [0, 0.1) is 11.8 Å². The lowest BCUT2D eigenvalue weighted by Gasteiger charge is -2.23. The summed E-state index contributed by atoms with van der Waals surface area (Å²) in [5.41, 5.74) is 1.97. The van der Waals surface area contributed by atoms with E-state index in [4.69, 9.17) is 0 Å². The van der Waals surface area contributed by atoms with E-state index in [2.05, 4.69) is 16.5 Å². The maximum absolute atomic E-state index is 4.21. The van der Waals surface area contributed by atoms with Gasteiger partial charge in [-0.2, -0.15) is 0 Å². The van der Waals surface area contributed by atoms with Crippen LogP contribution in [0.3, 0.4) is 0 Å². The van der Waals surface area contributed by atoms with Crippen LogP contribution in [0.2, 0.25) is 0 Å². The van der Waals surface area contributed by atoms with Crippen LogP contribution in [-0.2, 0) is 6.42 Å². The van der Waals surface area contributed by atoms with Gasteiger partial charge >= 0.3 is 0 Å². The first-order valence-electron chi connectivity index (χ1n) is 7.02. The Hall–Kier alpha value is -0.410. The third-order valence-corrected chi connectivity index (χ3v) is 5.06. The van der Waals surface area contributed by atoms with Crippen molar-refractivity contribution in [2.75, 3.05) is 6.54 Å². The number of rotatable bonds is 6. The molecule has 0 aromatic carbocycles. The third-order valence-electron chi connectivity index (χ3n) is 4.26. The predicted molar refractivity (Wildman–Crippen MR) is 72.3 cm³/mol. The van der Waals surface area contributed by atoms with Gasteiger partial charge in [0, 0.05) is 17.1 Å². The molecule has 17 heavy (non-hydrogen) atoms. The van der Waals surface area contributed by atoms with Crippen molar-refractivity contribution in [1.82, 2.24) is 10.3 Å². The van der Waals surface area contributed by atoms with Gasteiger partial charge < -0.3 is 5.32 Å². The van der Waals surface area contributed by atoms with Crippen molar-refractivity contribution >= 4 is 11.3 Å². The lowest BCUT2D eigenvalue weighted by Crippen LogP contribution is -2.30. The van der Waals surface area contributed by atoms with Crippen LogP contribution in [-0.4, -0.2) is 17.6 Å². The summed E-state index contributed by atoms with van der Waals surface area (Å²) in [6.45, 7) is 1.23. The molecule has 1 unspecified atom stereocenters. The Balaban J connectivity index is 1.57. The Bertz CT molecular complexity index is 326. The zero-order valence-electron chi connectivity index (χ0n) is 10.4. The normalized spacial score (nSPS) is 23.1. The number of nitrogens with one attached hydrogen (secondary N) is 1. The SMILES string of the molecule is c1ncc(CC(CNC2CC2)C2CCCC2)s1. The molecule has 0 spiro atoms. The van der Waals surface area contributed by atoms with Crippen LogP contribution >= 0.6 is 11.3 Å². The fourth-order valence-corrected chi connectivity index (χ4v) is 3.73. The van der Waals surface area contributed by atoms with Crippen molar-refractivity contribution in [2.45, 2.75) is 51.0 Å². The van der Waals surface area contributed by atoms with E-state index in [1.165, 1.54) is 56.4 Å². The van der Waals surface area contributed by atoms with E-state index in [9.17, 15) is 0 Å². The van der Waals surface area contributed by atoms with Crippen LogP contribution in [0.4, 0.5) is 0 Å².